The topological polar surface area (TPSA) is 38.7 Å². The first-order valence-corrected chi connectivity index (χ1v) is 11.8. The Bertz CT molecular complexity index is 848. The van der Waals surface area contributed by atoms with E-state index in [2.05, 4.69) is 63.6 Å². The Kier molecular flexibility index (Phi) is 6.07. The SMILES string of the molecule is OC(CNC1CCCCC1)CN1CCN2c3ccccc3Cc3ccccc3C2C1. The molecule has 2 aliphatic heterocycles. The second-order valence-corrected chi connectivity index (χ2v) is 9.37. The van der Waals surface area contributed by atoms with Gasteiger partial charge in [0.25, 0.3) is 0 Å². The highest BCUT2D eigenvalue weighted by atomic mass is 16.3. The van der Waals surface area contributed by atoms with Crippen molar-refractivity contribution in [1.29, 1.82) is 0 Å². The van der Waals surface area contributed by atoms with Crippen LogP contribution in [-0.4, -0.2) is 54.9 Å². The Morgan fingerprint density at radius 1 is 0.933 bits per heavy atom. The van der Waals surface area contributed by atoms with Gasteiger partial charge in [-0.15, -0.1) is 0 Å². The molecular weight excluding hydrogens is 370 g/mol. The normalized spacial score (nSPS) is 23.2. The van der Waals surface area contributed by atoms with Gasteiger partial charge in [-0.3, -0.25) is 4.90 Å². The third-order valence-electron chi connectivity index (χ3n) is 7.28. The number of hydrogen-bond acceptors (Lipinski definition) is 4. The smallest absolute Gasteiger partial charge is 0.0791 e. The van der Waals surface area contributed by atoms with Gasteiger partial charge in [0.05, 0.1) is 12.1 Å². The molecule has 1 saturated carbocycles. The first kappa shape index (κ1) is 20.0. The van der Waals surface area contributed by atoms with Crippen LogP contribution in [0.2, 0.25) is 0 Å². The summed E-state index contributed by atoms with van der Waals surface area (Å²) in [4.78, 5) is 5.07. The average molecular weight is 406 g/mol. The lowest BCUT2D eigenvalue weighted by atomic mass is 9.95. The van der Waals surface area contributed by atoms with Crippen LogP contribution in [0.5, 0.6) is 0 Å². The molecule has 2 atom stereocenters. The number of β-amino-alcohol motifs (C(OH)–C–C–N with tert-alkyl or cyclic N) is 1. The second kappa shape index (κ2) is 9.09. The minimum absolute atomic E-state index is 0.299. The molecule has 30 heavy (non-hydrogen) atoms. The van der Waals surface area contributed by atoms with Crippen LogP contribution >= 0.6 is 0 Å². The number of piperazine rings is 1. The van der Waals surface area contributed by atoms with Crippen LogP contribution in [-0.2, 0) is 6.42 Å². The van der Waals surface area contributed by atoms with Gasteiger partial charge < -0.3 is 15.3 Å². The highest BCUT2D eigenvalue weighted by Gasteiger charge is 2.33. The fourth-order valence-electron chi connectivity index (χ4n) is 5.70. The van der Waals surface area contributed by atoms with Crippen molar-refractivity contribution in [2.45, 2.75) is 56.7 Å². The van der Waals surface area contributed by atoms with Crippen LogP contribution in [0.4, 0.5) is 5.69 Å². The van der Waals surface area contributed by atoms with E-state index in [4.69, 9.17) is 0 Å². The number of rotatable bonds is 5. The van der Waals surface area contributed by atoms with E-state index in [-0.39, 0.29) is 6.10 Å². The molecule has 3 aliphatic rings. The van der Waals surface area contributed by atoms with E-state index < -0.39 is 0 Å². The standard InChI is InChI=1S/C26H35N3O/c30-23(17-27-22-10-2-1-3-11-22)18-28-14-15-29-25-13-7-5-9-21(25)16-20-8-4-6-12-24(20)26(29)19-28/h4-9,12-13,22-23,26-27,30H,1-3,10-11,14-19H2. The monoisotopic (exact) mass is 405 g/mol. The molecule has 0 aromatic heterocycles. The Labute approximate surface area is 180 Å². The molecule has 1 saturated heterocycles. The van der Waals surface area contributed by atoms with Gasteiger partial charge in [0.15, 0.2) is 0 Å². The summed E-state index contributed by atoms with van der Waals surface area (Å²) in [6.07, 6.45) is 7.28. The third kappa shape index (κ3) is 4.27. The predicted molar refractivity (Wildman–Crippen MR) is 123 cm³/mol. The number of anilines is 1. The van der Waals surface area contributed by atoms with Crippen molar-refractivity contribution in [2.75, 3.05) is 37.6 Å². The van der Waals surface area contributed by atoms with E-state index >= 15 is 0 Å². The van der Waals surface area contributed by atoms with E-state index in [9.17, 15) is 5.11 Å². The number of fused-ring (bicyclic) bond motifs is 5. The Morgan fingerprint density at radius 2 is 1.70 bits per heavy atom. The molecule has 2 aromatic carbocycles. The van der Waals surface area contributed by atoms with Crippen molar-refractivity contribution in [1.82, 2.24) is 10.2 Å². The summed E-state index contributed by atoms with van der Waals surface area (Å²) in [7, 11) is 0. The minimum atomic E-state index is -0.299. The number of hydrogen-bond donors (Lipinski definition) is 2. The summed E-state index contributed by atoms with van der Waals surface area (Å²) < 4.78 is 0. The lowest BCUT2D eigenvalue weighted by Gasteiger charge is -2.43. The Hall–Kier alpha value is -1.88. The molecule has 5 rings (SSSR count). The zero-order valence-corrected chi connectivity index (χ0v) is 18.0. The van der Waals surface area contributed by atoms with E-state index in [1.54, 1.807) is 0 Å². The minimum Gasteiger partial charge on any atom is -0.390 e. The van der Waals surface area contributed by atoms with Gasteiger partial charge in [0.1, 0.15) is 0 Å². The highest BCUT2D eigenvalue weighted by molar-refractivity contribution is 5.60. The molecule has 2 N–H and O–H groups in total. The van der Waals surface area contributed by atoms with E-state index in [0.29, 0.717) is 12.1 Å². The second-order valence-electron chi connectivity index (χ2n) is 9.37. The van der Waals surface area contributed by atoms with Gasteiger partial charge in [-0.2, -0.15) is 0 Å². The maximum Gasteiger partial charge on any atom is 0.0791 e. The summed E-state index contributed by atoms with van der Waals surface area (Å²) in [5.74, 6) is 0. The molecule has 4 nitrogen and oxygen atoms in total. The van der Waals surface area contributed by atoms with Gasteiger partial charge in [0, 0.05) is 44.5 Å². The first-order chi connectivity index (χ1) is 14.8. The molecule has 4 heteroatoms. The number of para-hydroxylation sites is 1. The van der Waals surface area contributed by atoms with Crippen molar-refractivity contribution in [3.8, 4) is 0 Å². The summed E-state index contributed by atoms with van der Waals surface area (Å²) in [6, 6.07) is 18.8. The summed E-state index contributed by atoms with van der Waals surface area (Å²) in [5.41, 5.74) is 5.71. The lowest BCUT2D eigenvalue weighted by Crippen LogP contribution is -2.51. The van der Waals surface area contributed by atoms with Crippen molar-refractivity contribution in [2.24, 2.45) is 0 Å². The lowest BCUT2D eigenvalue weighted by molar-refractivity contribution is 0.0956. The molecule has 2 aromatic rings. The maximum atomic E-state index is 10.7. The quantitative estimate of drug-likeness (QED) is 0.795. The molecule has 0 bridgehead atoms. The molecule has 0 amide bonds. The first-order valence-electron chi connectivity index (χ1n) is 11.8. The summed E-state index contributed by atoms with van der Waals surface area (Å²) >= 11 is 0. The van der Waals surface area contributed by atoms with Gasteiger partial charge in [-0.05, 0) is 42.0 Å². The number of nitrogens with zero attached hydrogens (tertiary/aromatic N) is 2. The van der Waals surface area contributed by atoms with Crippen LogP contribution in [0, 0.1) is 0 Å². The number of aliphatic hydroxyl groups is 1. The molecule has 160 valence electrons. The molecular formula is C26H35N3O. The van der Waals surface area contributed by atoms with E-state index in [1.807, 2.05) is 0 Å². The zero-order chi connectivity index (χ0) is 20.3. The predicted octanol–water partition coefficient (Wildman–Crippen LogP) is 3.74. The van der Waals surface area contributed by atoms with Crippen LogP contribution in [0.1, 0.15) is 54.8 Å². The molecule has 2 heterocycles. The number of benzene rings is 2. The van der Waals surface area contributed by atoms with Crippen LogP contribution < -0.4 is 10.2 Å². The largest absolute Gasteiger partial charge is 0.390 e. The molecule has 2 unspecified atom stereocenters. The van der Waals surface area contributed by atoms with Crippen molar-refractivity contribution in [3.05, 3.63) is 65.2 Å². The summed E-state index contributed by atoms with van der Waals surface area (Å²) in [6.45, 7) is 4.47. The fourth-order valence-corrected chi connectivity index (χ4v) is 5.70. The molecule has 0 radical (unpaired) electrons. The highest BCUT2D eigenvalue weighted by Crippen LogP contribution is 2.39. The number of aliphatic hydroxyl groups excluding tert-OH is 1. The Balaban J connectivity index is 1.28. The van der Waals surface area contributed by atoms with Gasteiger partial charge in [-0.1, -0.05) is 61.7 Å². The molecule has 1 aliphatic carbocycles. The van der Waals surface area contributed by atoms with E-state index in [0.717, 1.165) is 39.1 Å². The maximum absolute atomic E-state index is 10.7. The third-order valence-corrected chi connectivity index (χ3v) is 7.28. The Morgan fingerprint density at radius 3 is 2.57 bits per heavy atom. The number of nitrogens with one attached hydrogen (secondary N) is 1. The molecule has 0 spiro atoms. The van der Waals surface area contributed by atoms with Crippen LogP contribution in [0.3, 0.4) is 0 Å². The zero-order valence-electron chi connectivity index (χ0n) is 18.0. The fraction of sp³-hybridized carbons (Fsp3) is 0.538. The summed E-state index contributed by atoms with van der Waals surface area (Å²) in [5, 5.41) is 14.3. The van der Waals surface area contributed by atoms with E-state index in [1.165, 1.54) is 54.5 Å². The van der Waals surface area contributed by atoms with Crippen molar-refractivity contribution < 1.29 is 5.11 Å². The van der Waals surface area contributed by atoms with Gasteiger partial charge >= 0.3 is 0 Å². The van der Waals surface area contributed by atoms with Crippen molar-refractivity contribution in [3.63, 3.8) is 0 Å². The van der Waals surface area contributed by atoms with Gasteiger partial charge in [0.2, 0.25) is 0 Å². The molecule has 2 fully saturated rings. The van der Waals surface area contributed by atoms with Crippen LogP contribution in [0.15, 0.2) is 48.5 Å². The average Bonchev–Trinajstić information content (AvgIpc) is 2.93. The van der Waals surface area contributed by atoms with Crippen LogP contribution in [0.25, 0.3) is 0 Å². The van der Waals surface area contributed by atoms with Crippen molar-refractivity contribution >= 4 is 5.69 Å². The van der Waals surface area contributed by atoms with Gasteiger partial charge in [-0.25, -0.2) is 0 Å².